The summed E-state index contributed by atoms with van der Waals surface area (Å²) in [5.74, 6) is 0.881. The molecule has 7 heteroatoms. The first-order chi connectivity index (χ1) is 15.0. The number of hydrogen-bond acceptors (Lipinski definition) is 5. The quantitative estimate of drug-likeness (QED) is 0.666. The van der Waals surface area contributed by atoms with Gasteiger partial charge in [-0.3, -0.25) is 4.79 Å². The van der Waals surface area contributed by atoms with Gasteiger partial charge in [-0.25, -0.2) is 4.39 Å². The molecule has 31 heavy (non-hydrogen) atoms. The Hall–Kier alpha value is -2.17. The fourth-order valence-electron chi connectivity index (χ4n) is 5.45. The van der Waals surface area contributed by atoms with E-state index in [4.69, 9.17) is 4.74 Å². The molecule has 1 saturated carbocycles. The lowest BCUT2D eigenvalue weighted by atomic mass is 9.93. The number of fused-ring (bicyclic) bond motifs is 2. The van der Waals surface area contributed by atoms with Crippen LogP contribution in [0.2, 0.25) is 0 Å². The largest absolute Gasteiger partial charge is 0.381 e. The number of nitrogens with one attached hydrogen (secondary N) is 2. The third kappa shape index (κ3) is 4.86. The summed E-state index contributed by atoms with van der Waals surface area (Å²) in [6, 6.07) is 6.73. The van der Waals surface area contributed by atoms with Gasteiger partial charge in [0.05, 0.1) is 18.7 Å². The number of halogens is 1. The molecule has 3 fully saturated rings. The molecule has 0 radical (unpaired) electrons. The van der Waals surface area contributed by atoms with Crippen LogP contribution in [0.25, 0.3) is 0 Å². The van der Waals surface area contributed by atoms with E-state index < -0.39 is 6.04 Å². The molecule has 2 aliphatic heterocycles. The number of carbonyl (C=O) groups is 1. The molecule has 2 unspecified atom stereocenters. The predicted molar refractivity (Wildman–Crippen MR) is 117 cm³/mol. The van der Waals surface area contributed by atoms with Gasteiger partial charge >= 0.3 is 0 Å². The highest BCUT2D eigenvalue weighted by molar-refractivity contribution is 5.83. The van der Waals surface area contributed by atoms with Crippen molar-refractivity contribution in [3.05, 3.63) is 29.6 Å². The minimum absolute atomic E-state index is 0.139. The summed E-state index contributed by atoms with van der Waals surface area (Å²) >= 11 is 0. The Balaban J connectivity index is 1.34. The van der Waals surface area contributed by atoms with Crippen LogP contribution in [0.5, 0.6) is 0 Å². The summed E-state index contributed by atoms with van der Waals surface area (Å²) in [6.45, 7) is 4.56. The van der Waals surface area contributed by atoms with Gasteiger partial charge in [-0.1, -0.05) is 19.4 Å². The first-order valence-corrected chi connectivity index (χ1v) is 11.5. The van der Waals surface area contributed by atoms with Crippen molar-refractivity contribution in [1.82, 2.24) is 10.6 Å². The van der Waals surface area contributed by atoms with Crippen LogP contribution in [0.1, 0.15) is 38.2 Å². The van der Waals surface area contributed by atoms with Gasteiger partial charge in [0.15, 0.2) is 0 Å². The zero-order valence-electron chi connectivity index (χ0n) is 18.4. The lowest BCUT2D eigenvalue weighted by molar-refractivity contribution is -0.124. The zero-order chi connectivity index (χ0) is 22.0. The predicted octanol–water partition coefficient (Wildman–Crippen LogP) is 2.63. The molecular formula is C24H33FN4O2. The normalized spacial score (nSPS) is 30.2. The number of benzene rings is 1. The molecule has 168 valence electrons. The summed E-state index contributed by atoms with van der Waals surface area (Å²) < 4.78 is 20.4. The average molecular weight is 429 g/mol. The number of piperidine rings is 1. The SMILES string of the molecule is CCC1COCC1CN(C)c1ccc(C[C@@H](C#N)NC(=O)[C@H]2N[C@@H]3CC[C@H]2C3)c(F)c1. The van der Waals surface area contributed by atoms with Gasteiger partial charge in [-0.2, -0.15) is 5.26 Å². The van der Waals surface area contributed by atoms with E-state index in [0.29, 0.717) is 29.4 Å². The van der Waals surface area contributed by atoms with Crippen molar-refractivity contribution in [2.24, 2.45) is 17.8 Å². The molecule has 3 aliphatic rings. The Morgan fingerprint density at radius 3 is 2.84 bits per heavy atom. The first-order valence-electron chi connectivity index (χ1n) is 11.5. The van der Waals surface area contributed by atoms with Crippen molar-refractivity contribution < 1.29 is 13.9 Å². The van der Waals surface area contributed by atoms with E-state index in [1.54, 1.807) is 6.07 Å². The molecule has 1 aromatic rings. The molecule has 2 bridgehead atoms. The molecule has 6 nitrogen and oxygen atoms in total. The molecule has 2 N–H and O–H groups in total. The number of amides is 1. The number of nitrogens with zero attached hydrogens (tertiary/aromatic N) is 2. The Morgan fingerprint density at radius 2 is 2.19 bits per heavy atom. The molecule has 2 saturated heterocycles. The average Bonchev–Trinajstić information content (AvgIpc) is 3.51. The maximum absolute atomic E-state index is 14.8. The highest BCUT2D eigenvalue weighted by Gasteiger charge is 2.43. The topological polar surface area (TPSA) is 77.4 Å². The van der Waals surface area contributed by atoms with Crippen molar-refractivity contribution in [1.29, 1.82) is 5.26 Å². The van der Waals surface area contributed by atoms with E-state index in [1.165, 1.54) is 6.07 Å². The lowest BCUT2D eigenvalue weighted by Crippen LogP contribution is -2.50. The van der Waals surface area contributed by atoms with Crippen LogP contribution in [-0.4, -0.2) is 50.8 Å². The molecule has 1 aliphatic carbocycles. The van der Waals surface area contributed by atoms with E-state index >= 15 is 0 Å². The van der Waals surface area contributed by atoms with Crippen molar-refractivity contribution in [3.8, 4) is 6.07 Å². The Morgan fingerprint density at radius 1 is 1.39 bits per heavy atom. The van der Waals surface area contributed by atoms with Crippen LogP contribution in [0.3, 0.4) is 0 Å². The van der Waals surface area contributed by atoms with E-state index in [1.807, 2.05) is 13.1 Å². The fourth-order valence-corrected chi connectivity index (χ4v) is 5.45. The van der Waals surface area contributed by atoms with E-state index in [2.05, 4.69) is 28.5 Å². The maximum atomic E-state index is 14.8. The van der Waals surface area contributed by atoms with Crippen molar-refractivity contribution >= 4 is 11.6 Å². The monoisotopic (exact) mass is 428 g/mol. The third-order valence-electron chi connectivity index (χ3n) is 7.38. The van der Waals surface area contributed by atoms with Gasteiger partial charge in [0.1, 0.15) is 11.9 Å². The van der Waals surface area contributed by atoms with Gasteiger partial charge in [0.25, 0.3) is 0 Å². The third-order valence-corrected chi connectivity index (χ3v) is 7.38. The minimum atomic E-state index is -0.743. The van der Waals surface area contributed by atoms with Gasteiger partial charge in [0.2, 0.25) is 5.91 Å². The van der Waals surface area contributed by atoms with Gasteiger partial charge < -0.3 is 20.3 Å². The number of ether oxygens (including phenoxy) is 1. The fraction of sp³-hybridized carbons (Fsp3) is 0.667. The summed E-state index contributed by atoms with van der Waals surface area (Å²) in [6.07, 6.45) is 4.46. The van der Waals surface area contributed by atoms with Crippen molar-refractivity contribution in [3.63, 3.8) is 0 Å². The summed E-state index contributed by atoms with van der Waals surface area (Å²) in [5.41, 5.74) is 1.26. The van der Waals surface area contributed by atoms with Crippen LogP contribution in [-0.2, 0) is 16.0 Å². The second kappa shape index (κ2) is 9.54. The number of hydrogen-bond donors (Lipinski definition) is 2. The first kappa shape index (κ1) is 22.0. The number of anilines is 1. The van der Waals surface area contributed by atoms with Gasteiger partial charge in [0, 0.05) is 44.3 Å². The Labute approximate surface area is 184 Å². The van der Waals surface area contributed by atoms with Crippen LogP contribution in [0.15, 0.2) is 18.2 Å². The van der Waals surface area contributed by atoms with E-state index in [-0.39, 0.29) is 24.2 Å². The van der Waals surface area contributed by atoms with E-state index in [9.17, 15) is 14.4 Å². The second-order valence-corrected chi connectivity index (χ2v) is 9.43. The molecule has 0 aromatic heterocycles. The number of nitriles is 1. The van der Waals surface area contributed by atoms with Crippen molar-refractivity contribution in [2.45, 2.75) is 57.2 Å². The molecular weight excluding hydrogens is 395 g/mol. The molecule has 2 heterocycles. The zero-order valence-corrected chi connectivity index (χ0v) is 18.4. The van der Waals surface area contributed by atoms with Crippen LogP contribution < -0.4 is 15.5 Å². The Kier molecular flexibility index (Phi) is 6.78. The van der Waals surface area contributed by atoms with Crippen LogP contribution in [0.4, 0.5) is 10.1 Å². The lowest BCUT2D eigenvalue weighted by Gasteiger charge is -2.26. The highest BCUT2D eigenvalue weighted by Crippen LogP contribution is 2.35. The van der Waals surface area contributed by atoms with E-state index in [0.717, 1.165) is 51.1 Å². The van der Waals surface area contributed by atoms with Gasteiger partial charge in [-0.15, -0.1) is 0 Å². The summed E-state index contributed by atoms with van der Waals surface area (Å²) in [7, 11) is 1.97. The smallest absolute Gasteiger partial charge is 0.238 e. The highest BCUT2D eigenvalue weighted by atomic mass is 19.1. The van der Waals surface area contributed by atoms with Crippen molar-refractivity contribution in [2.75, 3.05) is 31.7 Å². The van der Waals surface area contributed by atoms with Gasteiger partial charge in [-0.05, 0) is 48.8 Å². The number of rotatable bonds is 8. The standard InChI is InChI=1S/C24H33FN4O2/c1-3-15-13-31-14-18(15)12-29(2)21-7-5-16(22(25)10-21)8-20(11-26)28-24(30)23-17-4-6-19(9-17)27-23/h5,7,10,15,17-20,23,27H,3-4,6,8-9,12-14H2,1-2H3,(H,28,30)/t15?,17-,18?,19+,20-,23-/m0/s1. The molecule has 1 amide bonds. The second-order valence-electron chi connectivity index (χ2n) is 9.43. The molecule has 1 aromatic carbocycles. The molecule has 4 rings (SSSR count). The Bertz CT molecular complexity index is 841. The summed E-state index contributed by atoms with van der Waals surface area (Å²) in [4.78, 5) is 14.7. The van der Waals surface area contributed by atoms with Crippen LogP contribution >= 0.6 is 0 Å². The summed E-state index contributed by atoms with van der Waals surface area (Å²) in [5, 5.41) is 15.7. The van der Waals surface area contributed by atoms with Crippen LogP contribution in [0, 0.1) is 34.9 Å². The molecule has 6 atom stereocenters. The number of carbonyl (C=O) groups excluding carboxylic acids is 1. The maximum Gasteiger partial charge on any atom is 0.238 e. The minimum Gasteiger partial charge on any atom is -0.381 e. The molecule has 0 spiro atoms.